The smallest absolute Gasteiger partial charge is 0.187 e. The molecule has 0 aromatic rings. The number of aliphatic hydroxyl groups is 10. The molecule has 3 rings (SSSR count). The number of aliphatic hydroxyl groups excluding tert-OH is 9. The quantitative estimate of drug-likeness (QED) is 0.0957. The van der Waals surface area contributed by atoms with Gasteiger partial charge in [-0.05, 0) is 34.1 Å². The zero-order valence-corrected chi connectivity index (χ0v) is 24.7. The molecule has 3 heterocycles. The van der Waals surface area contributed by atoms with Gasteiger partial charge in [-0.25, -0.2) is 0 Å². The van der Waals surface area contributed by atoms with Crippen molar-refractivity contribution in [2.24, 2.45) is 5.73 Å². The summed E-state index contributed by atoms with van der Waals surface area (Å²) in [5.74, 6) is 0. The minimum Gasteiger partial charge on any atom is -0.394 e. The van der Waals surface area contributed by atoms with Crippen LogP contribution < -0.4 is 5.73 Å². The number of nitrogens with two attached hydrogens (primary N) is 1. The second kappa shape index (κ2) is 14.4. The van der Waals surface area contributed by atoms with E-state index in [-0.39, 0.29) is 0 Å². The summed E-state index contributed by atoms with van der Waals surface area (Å²) in [5.41, 5.74) is 2.66. The van der Waals surface area contributed by atoms with Gasteiger partial charge in [-0.15, -0.1) is 0 Å². The molecule has 3 aliphatic rings. The van der Waals surface area contributed by atoms with Gasteiger partial charge in [0.05, 0.1) is 38.6 Å². The van der Waals surface area contributed by atoms with Crippen LogP contribution in [0.4, 0.5) is 0 Å². The highest BCUT2D eigenvalue weighted by molar-refractivity contribution is 5.01. The Kier molecular flexibility index (Phi) is 12.3. The molecule has 0 aromatic carbocycles. The maximum atomic E-state index is 11.3. The fourth-order valence-corrected chi connectivity index (χ4v) is 5.68. The molecule has 3 aliphatic heterocycles. The number of hydrogen-bond acceptors (Lipinski definition) is 17. The van der Waals surface area contributed by atoms with Crippen molar-refractivity contribution in [3.63, 3.8) is 0 Å². The van der Waals surface area contributed by atoms with E-state index in [9.17, 15) is 51.1 Å². The van der Waals surface area contributed by atoms with Crippen molar-refractivity contribution in [2.75, 3.05) is 33.0 Å². The Balaban J connectivity index is 1.72. The van der Waals surface area contributed by atoms with Crippen molar-refractivity contribution < 1.29 is 79.5 Å². The third kappa shape index (κ3) is 8.57. The van der Waals surface area contributed by atoms with E-state index in [0.717, 1.165) is 0 Å². The molecule has 0 bridgehead atoms. The van der Waals surface area contributed by atoms with Crippen LogP contribution in [0, 0.1) is 0 Å². The highest BCUT2D eigenvalue weighted by Crippen LogP contribution is 2.34. The molecule has 3 fully saturated rings. The first-order chi connectivity index (χ1) is 19.9. The van der Waals surface area contributed by atoms with Crippen molar-refractivity contribution >= 4 is 0 Å². The van der Waals surface area contributed by atoms with Gasteiger partial charge in [0.25, 0.3) is 0 Å². The van der Waals surface area contributed by atoms with Crippen LogP contribution in [0.15, 0.2) is 0 Å². The van der Waals surface area contributed by atoms with Gasteiger partial charge in [-0.2, -0.15) is 0 Å². The third-order valence-corrected chi connectivity index (χ3v) is 7.80. The minimum atomic E-state index is -2.03. The van der Waals surface area contributed by atoms with Crippen molar-refractivity contribution in [1.82, 2.24) is 0 Å². The summed E-state index contributed by atoms with van der Waals surface area (Å²) in [6.07, 6.45) is -21.0. The Hall–Kier alpha value is -0.680. The maximum absolute atomic E-state index is 11.3. The van der Waals surface area contributed by atoms with Gasteiger partial charge in [-0.1, -0.05) is 0 Å². The van der Waals surface area contributed by atoms with Gasteiger partial charge in [0.1, 0.15) is 72.7 Å². The lowest BCUT2D eigenvalue weighted by molar-refractivity contribution is -0.375. The van der Waals surface area contributed by atoms with Crippen LogP contribution in [0.5, 0.6) is 0 Å². The molecular formula is C26H49NO16. The maximum Gasteiger partial charge on any atom is 0.187 e. The van der Waals surface area contributed by atoms with Crippen molar-refractivity contribution in [3.05, 3.63) is 0 Å². The molecular weight excluding hydrogens is 582 g/mol. The van der Waals surface area contributed by atoms with Crippen molar-refractivity contribution in [3.8, 4) is 0 Å². The minimum absolute atomic E-state index is 0.404. The molecule has 12 N–H and O–H groups in total. The fourth-order valence-electron chi connectivity index (χ4n) is 5.68. The summed E-state index contributed by atoms with van der Waals surface area (Å²) < 4.78 is 33.6. The standard InChI is InChI=1S/C26H49NO16/c1-24(2,27)8-25(3,4)39-10-26(37)9-38-12(6-29)20(21(26)36)43-23-18(35)16(33)19(13(7-30)41-23)42-22-17(34)15(32)14(31)11(5-28)40-22/h11-23,28-37H,5-10,27H2,1-4H3. The van der Waals surface area contributed by atoms with Crippen LogP contribution in [0.2, 0.25) is 0 Å². The summed E-state index contributed by atoms with van der Waals surface area (Å²) in [5, 5.41) is 104. The first kappa shape index (κ1) is 36.8. The highest BCUT2D eigenvalue weighted by atomic mass is 16.7. The second-order valence-corrected chi connectivity index (χ2v) is 12.9. The van der Waals surface area contributed by atoms with Crippen LogP contribution in [0.1, 0.15) is 34.1 Å². The van der Waals surface area contributed by atoms with Gasteiger partial charge in [-0.3, -0.25) is 0 Å². The predicted molar refractivity (Wildman–Crippen MR) is 142 cm³/mol. The average Bonchev–Trinajstić information content (AvgIpc) is 2.93. The molecule has 0 aliphatic carbocycles. The van der Waals surface area contributed by atoms with Crippen molar-refractivity contribution in [2.45, 2.75) is 131 Å². The van der Waals surface area contributed by atoms with Gasteiger partial charge in [0.15, 0.2) is 12.6 Å². The molecule has 0 radical (unpaired) electrons. The Morgan fingerprint density at radius 3 is 1.77 bits per heavy atom. The fraction of sp³-hybridized carbons (Fsp3) is 1.00. The van der Waals surface area contributed by atoms with E-state index in [2.05, 4.69) is 0 Å². The van der Waals surface area contributed by atoms with E-state index in [0.29, 0.717) is 6.42 Å². The van der Waals surface area contributed by atoms with Crippen LogP contribution in [-0.2, 0) is 28.4 Å². The van der Waals surface area contributed by atoms with Gasteiger partial charge in [0, 0.05) is 5.54 Å². The van der Waals surface area contributed by atoms with Crippen LogP contribution in [-0.4, -0.2) is 181 Å². The monoisotopic (exact) mass is 631 g/mol. The zero-order chi connectivity index (χ0) is 32.5. The third-order valence-electron chi connectivity index (χ3n) is 7.80. The Morgan fingerprint density at radius 1 is 0.721 bits per heavy atom. The predicted octanol–water partition coefficient (Wildman–Crippen LogP) is -5.60. The number of rotatable bonds is 12. The molecule has 0 spiro atoms. The molecule has 254 valence electrons. The van der Waals surface area contributed by atoms with Crippen LogP contribution >= 0.6 is 0 Å². The summed E-state index contributed by atoms with van der Waals surface area (Å²) in [4.78, 5) is 0. The average molecular weight is 632 g/mol. The number of ether oxygens (including phenoxy) is 6. The van der Waals surface area contributed by atoms with Crippen LogP contribution in [0.25, 0.3) is 0 Å². The van der Waals surface area contributed by atoms with Crippen molar-refractivity contribution in [1.29, 1.82) is 0 Å². The Morgan fingerprint density at radius 2 is 1.23 bits per heavy atom. The van der Waals surface area contributed by atoms with E-state index < -0.39 is 129 Å². The zero-order valence-electron chi connectivity index (χ0n) is 24.7. The highest BCUT2D eigenvalue weighted by Gasteiger charge is 2.55. The normalized spacial score (nSPS) is 44.9. The Labute approximate surface area is 249 Å². The molecule has 0 aromatic heterocycles. The van der Waals surface area contributed by atoms with Gasteiger partial charge >= 0.3 is 0 Å². The van der Waals surface area contributed by atoms with E-state index in [1.54, 1.807) is 13.8 Å². The Bertz CT molecular complexity index is 873. The lowest BCUT2D eigenvalue weighted by atomic mass is 9.87. The van der Waals surface area contributed by atoms with E-state index in [1.807, 2.05) is 13.8 Å². The van der Waals surface area contributed by atoms with Crippen LogP contribution in [0.3, 0.4) is 0 Å². The van der Waals surface area contributed by atoms with E-state index in [1.165, 1.54) is 0 Å². The first-order valence-electron chi connectivity index (χ1n) is 14.2. The molecule has 0 saturated carbocycles. The molecule has 17 nitrogen and oxygen atoms in total. The van der Waals surface area contributed by atoms with E-state index in [4.69, 9.17) is 34.2 Å². The number of hydrogen-bond donors (Lipinski definition) is 11. The SMILES string of the molecule is CC(C)(N)CC(C)(C)OCC1(O)COC(CO)C(OC2OC(CO)C(OC3OC(CO)C(O)C(O)C3O)C(O)C2O)C1O. The largest absolute Gasteiger partial charge is 0.394 e. The molecule has 14 atom stereocenters. The summed E-state index contributed by atoms with van der Waals surface area (Å²) in [7, 11) is 0. The first-order valence-corrected chi connectivity index (χ1v) is 14.2. The lowest BCUT2D eigenvalue weighted by Crippen LogP contribution is -2.68. The van der Waals surface area contributed by atoms with Gasteiger partial charge in [0.2, 0.25) is 0 Å². The molecule has 14 unspecified atom stereocenters. The van der Waals surface area contributed by atoms with E-state index >= 15 is 0 Å². The topological polar surface area (TPSA) is 284 Å². The molecule has 0 amide bonds. The molecule has 17 heteroatoms. The lowest BCUT2D eigenvalue weighted by Gasteiger charge is -2.49. The molecule has 43 heavy (non-hydrogen) atoms. The van der Waals surface area contributed by atoms with Gasteiger partial charge < -0.3 is 85.2 Å². The second-order valence-electron chi connectivity index (χ2n) is 12.9. The summed E-state index contributed by atoms with van der Waals surface area (Å²) >= 11 is 0. The molecule has 3 saturated heterocycles. The summed E-state index contributed by atoms with van der Waals surface area (Å²) in [6.45, 7) is 4.06. The summed E-state index contributed by atoms with van der Waals surface area (Å²) in [6, 6.07) is 0.